The third-order valence-corrected chi connectivity index (χ3v) is 5.18. The molecule has 1 atom stereocenters. The summed E-state index contributed by atoms with van der Waals surface area (Å²) in [5.74, 6) is -0.780. The Kier molecular flexibility index (Phi) is 5.02. The zero-order chi connectivity index (χ0) is 20.5. The Hall–Kier alpha value is -3.26. The zero-order valence-corrected chi connectivity index (χ0v) is 16.2. The molecule has 3 aromatic rings. The van der Waals surface area contributed by atoms with Crippen molar-refractivity contribution in [1.29, 1.82) is 0 Å². The van der Waals surface area contributed by atoms with Crippen LogP contribution in [0.4, 0.5) is 21.5 Å². The molecular weight excluding hydrogens is 371 g/mol. The highest BCUT2D eigenvalue weighted by atomic mass is 19.1. The lowest BCUT2D eigenvalue weighted by atomic mass is 10.1. The van der Waals surface area contributed by atoms with E-state index in [0.717, 1.165) is 25.1 Å². The van der Waals surface area contributed by atoms with E-state index in [1.807, 2.05) is 6.07 Å². The van der Waals surface area contributed by atoms with Gasteiger partial charge in [-0.1, -0.05) is 0 Å². The van der Waals surface area contributed by atoms with Gasteiger partial charge >= 0.3 is 0 Å². The molecule has 8 heteroatoms. The summed E-state index contributed by atoms with van der Waals surface area (Å²) < 4.78 is 13.8. The number of nitrogen functional groups attached to an aromatic ring is 1. The number of hydrogen-bond donors (Lipinski definition) is 3. The van der Waals surface area contributed by atoms with E-state index in [1.165, 1.54) is 6.07 Å². The minimum atomic E-state index is -0.443. The smallest absolute Gasteiger partial charge is 0.276 e. The van der Waals surface area contributed by atoms with Crippen molar-refractivity contribution in [3.63, 3.8) is 0 Å². The van der Waals surface area contributed by atoms with E-state index in [1.54, 1.807) is 31.5 Å². The molecule has 1 aliphatic rings. The van der Waals surface area contributed by atoms with E-state index in [9.17, 15) is 9.18 Å². The molecule has 1 amide bonds. The number of carbonyl (C=O) groups excluding carboxylic acids is 1. The fourth-order valence-corrected chi connectivity index (χ4v) is 3.67. The number of aryl methyl sites for hydroxylation is 1. The molecule has 0 spiro atoms. The number of fused-ring (bicyclic) bond motifs is 1. The number of amides is 1. The molecule has 1 aromatic carbocycles. The average molecular weight is 394 g/mol. The Morgan fingerprint density at radius 1 is 1.34 bits per heavy atom. The lowest BCUT2D eigenvalue weighted by Gasteiger charge is -2.33. The summed E-state index contributed by atoms with van der Waals surface area (Å²) in [7, 11) is 0. The third-order valence-electron chi connectivity index (χ3n) is 5.18. The monoisotopic (exact) mass is 394 g/mol. The number of anilines is 3. The van der Waals surface area contributed by atoms with Gasteiger partial charge in [-0.2, -0.15) is 0 Å². The van der Waals surface area contributed by atoms with Crippen LogP contribution in [0.25, 0.3) is 10.9 Å². The summed E-state index contributed by atoms with van der Waals surface area (Å²) in [6, 6.07) is 6.49. The molecule has 1 saturated heterocycles. The van der Waals surface area contributed by atoms with Crippen molar-refractivity contribution in [3.8, 4) is 0 Å². The maximum Gasteiger partial charge on any atom is 0.276 e. The van der Waals surface area contributed by atoms with Crippen LogP contribution in [0, 0.1) is 12.7 Å². The van der Waals surface area contributed by atoms with Crippen LogP contribution in [0.2, 0.25) is 0 Å². The summed E-state index contributed by atoms with van der Waals surface area (Å²) in [5.41, 5.74) is 14.8. The molecule has 7 nitrogen and oxygen atoms in total. The van der Waals surface area contributed by atoms with Gasteiger partial charge in [0, 0.05) is 30.7 Å². The second-order valence-corrected chi connectivity index (χ2v) is 7.42. The summed E-state index contributed by atoms with van der Waals surface area (Å²) in [4.78, 5) is 23.6. The quantitative estimate of drug-likeness (QED) is 0.630. The first-order valence-corrected chi connectivity index (χ1v) is 9.54. The Labute approximate surface area is 167 Å². The first kappa shape index (κ1) is 19.1. The molecule has 1 aliphatic heterocycles. The van der Waals surface area contributed by atoms with Gasteiger partial charge < -0.3 is 21.7 Å². The summed E-state index contributed by atoms with van der Waals surface area (Å²) in [6.45, 7) is 3.23. The highest BCUT2D eigenvalue weighted by Gasteiger charge is 2.21. The van der Waals surface area contributed by atoms with Gasteiger partial charge in [-0.3, -0.25) is 9.78 Å². The van der Waals surface area contributed by atoms with Gasteiger partial charge in [0.25, 0.3) is 5.91 Å². The molecule has 4 rings (SSSR count). The molecule has 0 radical (unpaired) electrons. The second-order valence-electron chi connectivity index (χ2n) is 7.42. The van der Waals surface area contributed by atoms with Crippen molar-refractivity contribution in [1.82, 2.24) is 9.97 Å². The number of pyridine rings is 2. The van der Waals surface area contributed by atoms with Crippen LogP contribution < -0.4 is 21.7 Å². The molecule has 0 bridgehead atoms. The normalized spacial score (nSPS) is 16.8. The van der Waals surface area contributed by atoms with Crippen LogP contribution in [0.3, 0.4) is 0 Å². The van der Waals surface area contributed by atoms with Crippen molar-refractivity contribution in [2.24, 2.45) is 5.73 Å². The van der Waals surface area contributed by atoms with Gasteiger partial charge in [-0.25, -0.2) is 9.37 Å². The van der Waals surface area contributed by atoms with Crippen molar-refractivity contribution in [3.05, 3.63) is 53.7 Å². The number of piperidine rings is 1. The number of nitrogens with one attached hydrogen (secondary N) is 1. The highest BCUT2D eigenvalue weighted by molar-refractivity contribution is 6.09. The molecule has 1 unspecified atom stereocenters. The number of benzene rings is 1. The van der Waals surface area contributed by atoms with Crippen molar-refractivity contribution in [2.45, 2.75) is 25.8 Å². The molecule has 5 N–H and O–H groups in total. The summed E-state index contributed by atoms with van der Waals surface area (Å²) in [5, 5.41) is 3.42. The maximum absolute atomic E-state index is 13.8. The summed E-state index contributed by atoms with van der Waals surface area (Å²) in [6.07, 6.45) is 5.27. The number of nitrogens with two attached hydrogens (primary N) is 2. The topological polar surface area (TPSA) is 110 Å². The van der Waals surface area contributed by atoms with E-state index in [0.29, 0.717) is 28.7 Å². The fraction of sp³-hybridized carbons (Fsp3) is 0.286. The van der Waals surface area contributed by atoms with E-state index in [-0.39, 0.29) is 23.2 Å². The predicted octanol–water partition coefficient (Wildman–Crippen LogP) is 2.84. The Morgan fingerprint density at radius 2 is 2.17 bits per heavy atom. The van der Waals surface area contributed by atoms with Crippen molar-refractivity contribution < 1.29 is 9.18 Å². The van der Waals surface area contributed by atoms with Crippen LogP contribution >= 0.6 is 0 Å². The van der Waals surface area contributed by atoms with Gasteiger partial charge in [0.15, 0.2) is 5.69 Å². The molecule has 150 valence electrons. The van der Waals surface area contributed by atoms with E-state index < -0.39 is 5.91 Å². The van der Waals surface area contributed by atoms with Crippen LogP contribution in [-0.4, -0.2) is 35.0 Å². The zero-order valence-electron chi connectivity index (χ0n) is 16.2. The number of aromatic nitrogens is 2. The van der Waals surface area contributed by atoms with Gasteiger partial charge in [-0.15, -0.1) is 0 Å². The molecule has 1 fully saturated rings. The molecular formula is C21H23FN6O. The summed E-state index contributed by atoms with van der Waals surface area (Å²) >= 11 is 0. The van der Waals surface area contributed by atoms with Gasteiger partial charge in [0.2, 0.25) is 0 Å². The first-order valence-electron chi connectivity index (χ1n) is 9.54. The average Bonchev–Trinajstić information content (AvgIpc) is 2.69. The highest BCUT2D eigenvalue weighted by Crippen LogP contribution is 2.28. The number of hydrogen-bond acceptors (Lipinski definition) is 6. The van der Waals surface area contributed by atoms with Gasteiger partial charge in [-0.05, 0) is 49.6 Å². The minimum Gasteiger partial charge on any atom is -0.397 e. The number of rotatable bonds is 3. The van der Waals surface area contributed by atoms with Crippen LogP contribution in [0.5, 0.6) is 0 Å². The standard InChI is InChI=1S/C21H23FN6O/c1-12-7-17-13(8-15(12)22)9-16(24)20(26-17)21(29)27-18-10-25-5-4-19(18)28-6-2-3-14(23)11-28/h4-5,7-10,14H,2-3,6,11,23-24H2,1H3,(H,27,29). The lowest BCUT2D eigenvalue weighted by molar-refractivity contribution is 0.102. The molecule has 29 heavy (non-hydrogen) atoms. The second kappa shape index (κ2) is 7.63. The lowest BCUT2D eigenvalue weighted by Crippen LogP contribution is -2.43. The third kappa shape index (κ3) is 3.84. The van der Waals surface area contributed by atoms with Crippen LogP contribution in [-0.2, 0) is 0 Å². The Bertz CT molecular complexity index is 1090. The van der Waals surface area contributed by atoms with E-state index >= 15 is 0 Å². The van der Waals surface area contributed by atoms with Gasteiger partial charge in [0.1, 0.15) is 5.82 Å². The number of nitrogens with zero attached hydrogens (tertiary/aromatic N) is 3. The van der Waals surface area contributed by atoms with Gasteiger partial charge in [0.05, 0.1) is 28.8 Å². The molecule has 0 aliphatic carbocycles. The van der Waals surface area contributed by atoms with Crippen molar-refractivity contribution >= 4 is 33.9 Å². The number of carbonyl (C=O) groups is 1. The maximum atomic E-state index is 13.8. The largest absolute Gasteiger partial charge is 0.397 e. The Morgan fingerprint density at radius 3 is 2.97 bits per heavy atom. The molecule has 0 saturated carbocycles. The van der Waals surface area contributed by atoms with Crippen molar-refractivity contribution in [2.75, 3.05) is 29.0 Å². The Balaban J connectivity index is 1.65. The van der Waals surface area contributed by atoms with Crippen LogP contribution in [0.15, 0.2) is 36.7 Å². The number of halogens is 1. The van der Waals surface area contributed by atoms with E-state index in [2.05, 4.69) is 20.2 Å². The van der Waals surface area contributed by atoms with E-state index in [4.69, 9.17) is 11.5 Å². The SMILES string of the molecule is Cc1cc2nc(C(=O)Nc3cnccc3N3CCCC(N)C3)c(N)cc2cc1F. The first-order chi connectivity index (χ1) is 13.9. The van der Waals surface area contributed by atoms with Crippen LogP contribution in [0.1, 0.15) is 28.9 Å². The molecule has 3 heterocycles. The minimum absolute atomic E-state index is 0.0913. The predicted molar refractivity (Wildman–Crippen MR) is 112 cm³/mol. The molecule has 2 aromatic heterocycles. The fourth-order valence-electron chi connectivity index (χ4n) is 3.67.